The van der Waals surface area contributed by atoms with Crippen molar-refractivity contribution < 1.29 is 13.9 Å². The van der Waals surface area contributed by atoms with Crippen molar-refractivity contribution >= 4 is 11.5 Å². The van der Waals surface area contributed by atoms with Gasteiger partial charge in [0.05, 0.1) is 7.11 Å². The molecular weight excluding hydrogens is 293 g/mol. The van der Waals surface area contributed by atoms with Crippen LogP contribution in [0.2, 0.25) is 0 Å². The van der Waals surface area contributed by atoms with E-state index < -0.39 is 0 Å². The summed E-state index contributed by atoms with van der Waals surface area (Å²) in [5.74, 6) is 0.310. The molecule has 3 nitrogen and oxygen atoms in total. The molecule has 1 amide bonds. The molecule has 0 N–H and O–H groups in total. The smallest absolute Gasteiger partial charge is 0.254 e. The zero-order valence-corrected chi connectivity index (χ0v) is 13.0. The zero-order chi connectivity index (χ0) is 16.2. The van der Waals surface area contributed by atoms with Gasteiger partial charge in [0.1, 0.15) is 11.6 Å². The van der Waals surface area contributed by atoms with E-state index in [4.69, 9.17) is 4.74 Å². The first-order valence-corrected chi connectivity index (χ1v) is 7.55. The molecule has 0 unspecified atom stereocenters. The Balaban J connectivity index is 1.71. The summed E-state index contributed by atoms with van der Waals surface area (Å²) in [6, 6.07) is 13.7. The number of carbonyl (C=O) groups excluding carboxylic acids is 1. The second-order valence-electron chi connectivity index (χ2n) is 5.47. The number of methoxy groups -OCH3 is 1. The molecule has 2 aromatic carbocycles. The van der Waals surface area contributed by atoms with Crippen LogP contribution in [0, 0.1) is 5.82 Å². The van der Waals surface area contributed by atoms with Crippen molar-refractivity contribution in [1.82, 2.24) is 4.90 Å². The fourth-order valence-corrected chi connectivity index (χ4v) is 2.72. The average Bonchev–Trinajstić information content (AvgIpc) is 2.61. The van der Waals surface area contributed by atoms with Crippen LogP contribution in [0.1, 0.15) is 22.3 Å². The van der Waals surface area contributed by atoms with Crippen LogP contribution in [0.3, 0.4) is 0 Å². The van der Waals surface area contributed by atoms with E-state index >= 15 is 0 Å². The van der Waals surface area contributed by atoms with Gasteiger partial charge in [-0.1, -0.05) is 24.3 Å². The van der Waals surface area contributed by atoms with Gasteiger partial charge in [-0.2, -0.15) is 0 Å². The van der Waals surface area contributed by atoms with Gasteiger partial charge >= 0.3 is 0 Å². The standard InChI is InChI=1S/C19H18FNO2/c1-23-18-7-5-14(6-8-18)15-9-11-21(12-10-15)19(22)16-3-2-4-17(20)13-16/h2-9,13H,10-12H2,1H3. The molecule has 0 radical (unpaired) electrons. The summed E-state index contributed by atoms with van der Waals surface area (Å²) < 4.78 is 18.4. The molecule has 23 heavy (non-hydrogen) atoms. The Morgan fingerprint density at radius 3 is 2.57 bits per heavy atom. The van der Waals surface area contributed by atoms with E-state index in [1.165, 1.54) is 17.7 Å². The first kappa shape index (κ1) is 15.3. The van der Waals surface area contributed by atoms with E-state index in [2.05, 4.69) is 6.08 Å². The van der Waals surface area contributed by atoms with Gasteiger partial charge in [0.15, 0.2) is 0 Å². The van der Waals surface area contributed by atoms with Gasteiger partial charge in [0.25, 0.3) is 5.91 Å². The third-order valence-corrected chi connectivity index (χ3v) is 4.03. The Kier molecular flexibility index (Phi) is 4.42. The average molecular weight is 311 g/mol. The lowest BCUT2D eigenvalue weighted by Gasteiger charge is -2.27. The lowest BCUT2D eigenvalue weighted by molar-refractivity contribution is 0.0772. The predicted octanol–water partition coefficient (Wildman–Crippen LogP) is 3.76. The van der Waals surface area contributed by atoms with Crippen LogP contribution < -0.4 is 4.74 Å². The van der Waals surface area contributed by atoms with Crippen LogP contribution in [0.25, 0.3) is 5.57 Å². The maximum absolute atomic E-state index is 13.2. The first-order valence-electron chi connectivity index (χ1n) is 7.55. The summed E-state index contributed by atoms with van der Waals surface area (Å²) in [4.78, 5) is 14.1. The van der Waals surface area contributed by atoms with E-state index in [9.17, 15) is 9.18 Å². The molecule has 0 saturated heterocycles. The Morgan fingerprint density at radius 1 is 1.17 bits per heavy atom. The minimum atomic E-state index is -0.387. The van der Waals surface area contributed by atoms with Crippen molar-refractivity contribution in [2.75, 3.05) is 20.2 Å². The van der Waals surface area contributed by atoms with E-state index in [0.717, 1.165) is 17.7 Å². The number of carbonyl (C=O) groups is 1. The molecule has 0 fully saturated rings. The van der Waals surface area contributed by atoms with Crippen LogP contribution in [-0.2, 0) is 0 Å². The molecule has 4 heteroatoms. The molecule has 1 aliphatic heterocycles. The fraction of sp³-hybridized carbons (Fsp3) is 0.211. The summed E-state index contributed by atoms with van der Waals surface area (Å²) in [6.45, 7) is 1.17. The molecule has 1 heterocycles. The van der Waals surface area contributed by atoms with Crippen molar-refractivity contribution in [2.24, 2.45) is 0 Å². The summed E-state index contributed by atoms with van der Waals surface area (Å²) in [7, 11) is 1.64. The number of hydrogen-bond acceptors (Lipinski definition) is 2. The summed E-state index contributed by atoms with van der Waals surface area (Å²) in [5.41, 5.74) is 2.76. The van der Waals surface area contributed by atoms with Crippen molar-refractivity contribution in [3.63, 3.8) is 0 Å². The highest BCUT2D eigenvalue weighted by molar-refractivity contribution is 5.94. The molecule has 2 aromatic rings. The lowest BCUT2D eigenvalue weighted by atomic mass is 9.99. The van der Waals surface area contributed by atoms with E-state index in [1.54, 1.807) is 24.1 Å². The van der Waals surface area contributed by atoms with Gasteiger partial charge in [-0.25, -0.2) is 4.39 Å². The molecule has 0 saturated carbocycles. The van der Waals surface area contributed by atoms with Crippen LogP contribution >= 0.6 is 0 Å². The van der Waals surface area contributed by atoms with Crippen molar-refractivity contribution in [3.8, 4) is 5.75 Å². The number of amides is 1. The number of hydrogen-bond donors (Lipinski definition) is 0. The second-order valence-corrected chi connectivity index (χ2v) is 5.47. The van der Waals surface area contributed by atoms with Crippen molar-refractivity contribution in [3.05, 3.63) is 71.6 Å². The molecular formula is C19H18FNO2. The Hall–Kier alpha value is -2.62. The topological polar surface area (TPSA) is 29.5 Å². The highest BCUT2D eigenvalue weighted by Crippen LogP contribution is 2.25. The number of ether oxygens (including phenoxy) is 1. The van der Waals surface area contributed by atoms with Gasteiger partial charge < -0.3 is 9.64 Å². The third-order valence-electron chi connectivity index (χ3n) is 4.03. The van der Waals surface area contributed by atoms with Crippen LogP contribution in [0.15, 0.2) is 54.6 Å². The van der Waals surface area contributed by atoms with Gasteiger partial charge in [0.2, 0.25) is 0 Å². The Morgan fingerprint density at radius 2 is 1.96 bits per heavy atom. The number of rotatable bonds is 3. The molecule has 118 valence electrons. The van der Waals surface area contributed by atoms with Crippen LogP contribution in [0.5, 0.6) is 5.75 Å². The van der Waals surface area contributed by atoms with E-state index in [1.807, 2.05) is 24.3 Å². The van der Waals surface area contributed by atoms with Gasteiger partial charge in [-0.3, -0.25) is 4.79 Å². The number of benzene rings is 2. The van der Waals surface area contributed by atoms with Crippen molar-refractivity contribution in [1.29, 1.82) is 0 Å². The molecule has 0 bridgehead atoms. The monoisotopic (exact) mass is 311 g/mol. The van der Waals surface area contributed by atoms with Crippen molar-refractivity contribution in [2.45, 2.75) is 6.42 Å². The summed E-state index contributed by atoms with van der Waals surface area (Å²) in [6.07, 6.45) is 2.84. The van der Waals surface area contributed by atoms with Gasteiger partial charge in [0, 0.05) is 18.7 Å². The molecule has 3 rings (SSSR count). The first-order chi connectivity index (χ1) is 11.2. The van der Waals surface area contributed by atoms with Gasteiger partial charge in [-0.15, -0.1) is 0 Å². The molecule has 0 atom stereocenters. The second kappa shape index (κ2) is 6.65. The molecule has 0 aliphatic carbocycles. The lowest BCUT2D eigenvalue weighted by Crippen LogP contribution is -2.34. The number of halogens is 1. The largest absolute Gasteiger partial charge is 0.497 e. The fourth-order valence-electron chi connectivity index (χ4n) is 2.72. The zero-order valence-electron chi connectivity index (χ0n) is 13.0. The summed E-state index contributed by atoms with van der Waals surface area (Å²) in [5, 5.41) is 0. The Bertz CT molecular complexity index is 737. The molecule has 0 aromatic heterocycles. The maximum atomic E-state index is 13.2. The third kappa shape index (κ3) is 3.42. The quantitative estimate of drug-likeness (QED) is 0.863. The number of nitrogens with zero attached hydrogens (tertiary/aromatic N) is 1. The SMILES string of the molecule is COc1ccc(C2=CCN(C(=O)c3cccc(F)c3)CC2)cc1. The minimum Gasteiger partial charge on any atom is -0.497 e. The minimum absolute atomic E-state index is 0.130. The maximum Gasteiger partial charge on any atom is 0.254 e. The van der Waals surface area contributed by atoms with Crippen LogP contribution in [-0.4, -0.2) is 31.0 Å². The summed E-state index contributed by atoms with van der Waals surface area (Å²) >= 11 is 0. The van der Waals surface area contributed by atoms with Crippen LogP contribution in [0.4, 0.5) is 4.39 Å². The normalized spacial score (nSPS) is 14.3. The molecule has 1 aliphatic rings. The molecule has 0 spiro atoms. The highest BCUT2D eigenvalue weighted by atomic mass is 19.1. The Labute approximate surface area is 135 Å². The van der Waals surface area contributed by atoms with E-state index in [-0.39, 0.29) is 11.7 Å². The van der Waals surface area contributed by atoms with E-state index in [0.29, 0.717) is 18.7 Å². The van der Waals surface area contributed by atoms with Gasteiger partial charge in [-0.05, 0) is 47.9 Å². The highest BCUT2D eigenvalue weighted by Gasteiger charge is 2.19. The predicted molar refractivity (Wildman–Crippen MR) is 87.9 cm³/mol.